The highest BCUT2D eigenvalue weighted by Gasteiger charge is 2.58. The molecule has 0 aromatic carbocycles. The van der Waals surface area contributed by atoms with Gasteiger partial charge in [0, 0.05) is 45.2 Å². The molecule has 0 aliphatic carbocycles. The molecule has 0 saturated carbocycles. The lowest BCUT2D eigenvalue weighted by Gasteiger charge is -2.30. The minimum atomic E-state index is -3.58. The lowest BCUT2D eigenvalue weighted by atomic mass is 9.81. The summed E-state index contributed by atoms with van der Waals surface area (Å²) in [5.74, 6) is -1.07. The van der Waals surface area contributed by atoms with Crippen LogP contribution in [0.4, 0.5) is 0 Å². The number of nitrogens with one attached hydrogen (secondary N) is 1. The predicted molar refractivity (Wildman–Crippen MR) is 69.3 cm³/mol. The van der Waals surface area contributed by atoms with Gasteiger partial charge in [-0.15, -0.1) is 0 Å². The molecule has 0 radical (unpaired) electrons. The summed E-state index contributed by atoms with van der Waals surface area (Å²) >= 11 is 0. The van der Waals surface area contributed by atoms with Crippen molar-refractivity contribution in [2.24, 2.45) is 11.3 Å². The molecule has 0 spiro atoms. The van der Waals surface area contributed by atoms with Gasteiger partial charge < -0.3 is 15.2 Å². The topological polar surface area (TPSA) is 99.2 Å². The summed E-state index contributed by atoms with van der Waals surface area (Å²) in [7, 11) is -3.58. The van der Waals surface area contributed by atoms with Crippen LogP contribution >= 0.6 is 0 Å². The van der Waals surface area contributed by atoms with Crippen molar-refractivity contribution in [1.29, 1.82) is 0 Å². The van der Waals surface area contributed by atoms with Gasteiger partial charge in [0.05, 0.1) is 18.6 Å². The van der Waals surface area contributed by atoms with E-state index in [0.717, 1.165) is 0 Å². The van der Waals surface area contributed by atoms with Crippen molar-refractivity contribution in [1.82, 2.24) is 13.9 Å². The van der Waals surface area contributed by atoms with E-state index in [9.17, 15) is 18.3 Å². The van der Waals surface area contributed by atoms with Crippen molar-refractivity contribution in [3.8, 4) is 0 Å². The Morgan fingerprint density at radius 3 is 2.60 bits per heavy atom. The van der Waals surface area contributed by atoms with Crippen molar-refractivity contribution < 1.29 is 23.1 Å². The van der Waals surface area contributed by atoms with E-state index in [0.29, 0.717) is 39.4 Å². The second-order valence-electron chi connectivity index (χ2n) is 5.60. The molecule has 0 unspecified atom stereocenters. The number of morpholine rings is 1. The van der Waals surface area contributed by atoms with Gasteiger partial charge in [-0.25, -0.2) is 0 Å². The Balaban J connectivity index is 1.81. The fraction of sp³-hybridized carbons (Fsp3) is 0.909. The molecular weight excluding hydrogens is 286 g/mol. The molecule has 8 nitrogen and oxygen atoms in total. The summed E-state index contributed by atoms with van der Waals surface area (Å²) in [5.41, 5.74) is -0.973. The second-order valence-corrected chi connectivity index (χ2v) is 7.53. The maximum atomic E-state index is 12.6. The average Bonchev–Trinajstić information content (AvgIpc) is 2.97. The van der Waals surface area contributed by atoms with E-state index in [2.05, 4.69) is 5.32 Å². The average molecular weight is 305 g/mol. The summed E-state index contributed by atoms with van der Waals surface area (Å²) in [6.07, 6.45) is 0. The number of ether oxygens (including phenoxy) is 1. The molecule has 0 amide bonds. The second kappa shape index (κ2) is 4.92. The van der Waals surface area contributed by atoms with Gasteiger partial charge in [-0.3, -0.25) is 4.79 Å². The first-order valence-electron chi connectivity index (χ1n) is 6.74. The smallest absolute Gasteiger partial charge is 0.312 e. The normalized spacial score (nSPS) is 36.1. The number of aliphatic carboxylic acids is 1. The molecule has 2 N–H and O–H groups in total. The quantitative estimate of drug-likeness (QED) is 0.636. The zero-order valence-electron chi connectivity index (χ0n) is 11.1. The van der Waals surface area contributed by atoms with Gasteiger partial charge in [0.25, 0.3) is 10.2 Å². The number of carboxylic acids is 1. The van der Waals surface area contributed by atoms with Crippen molar-refractivity contribution in [2.45, 2.75) is 0 Å². The lowest BCUT2D eigenvalue weighted by molar-refractivity contribution is -0.148. The Hall–Kier alpha value is -0.740. The summed E-state index contributed by atoms with van der Waals surface area (Å²) in [6, 6.07) is 0. The summed E-state index contributed by atoms with van der Waals surface area (Å²) in [4.78, 5) is 11.6. The highest BCUT2D eigenvalue weighted by Crippen LogP contribution is 2.40. The molecule has 3 fully saturated rings. The number of carbonyl (C=O) groups is 1. The first kappa shape index (κ1) is 14.2. The van der Waals surface area contributed by atoms with Gasteiger partial charge in [-0.05, 0) is 0 Å². The molecule has 9 heteroatoms. The third kappa shape index (κ3) is 2.04. The van der Waals surface area contributed by atoms with Crippen molar-refractivity contribution in [2.75, 3.05) is 52.5 Å². The standard InChI is InChI=1S/C11H19N3O5S/c15-10(16)11-7-12-5-9(11)6-14(8-11)20(17,18)13-1-3-19-4-2-13/h9,12H,1-8H2,(H,15,16)/t9-,11-/m1/s1. The van der Waals surface area contributed by atoms with Crippen LogP contribution in [0.1, 0.15) is 0 Å². The highest BCUT2D eigenvalue weighted by molar-refractivity contribution is 7.86. The fourth-order valence-corrected chi connectivity index (χ4v) is 4.99. The van der Waals surface area contributed by atoms with E-state index in [1.54, 1.807) is 0 Å². The maximum Gasteiger partial charge on any atom is 0.312 e. The van der Waals surface area contributed by atoms with Gasteiger partial charge in [0.1, 0.15) is 0 Å². The molecule has 3 aliphatic heterocycles. The molecule has 20 heavy (non-hydrogen) atoms. The number of fused-ring (bicyclic) bond motifs is 1. The van der Waals surface area contributed by atoms with E-state index in [4.69, 9.17) is 4.74 Å². The molecule has 3 saturated heterocycles. The number of hydrogen-bond donors (Lipinski definition) is 2. The monoisotopic (exact) mass is 305 g/mol. The third-order valence-electron chi connectivity index (χ3n) is 4.54. The number of nitrogens with zero attached hydrogens (tertiary/aromatic N) is 2. The van der Waals surface area contributed by atoms with Crippen LogP contribution in [0.25, 0.3) is 0 Å². The highest BCUT2D eigenvalue weighted by atomic mass is 32.2. The number of carboxylic acid groups (broad SMARTS) is 1. The Kier molecular flexibility index (Phi) is 3.49. The third-order valence-corrected chi connectivity index (χ3v) is 6.49. The van der Waals surface area contributed by atoms with Gasteiger partial charge in [-0.1, -0.05) is 0 Å². The maximum absolute atomic E-state index is 12.6. The number of hydrogen-bond acceptors (Lipinski definition) is 5. The molecule has 3 aliphatic rings. The van der Waals surface area contributed by atoms with Gasteiger partial charge in [0.2, 0.25) is 0 Å². The van der Waals surface area contributed by atoms with E-state index in [1.807, 2.05) is 0 Å². The van der Waals surface area contributed by atoms with Crippen LogP contribution in [0.5, 0.6) is 0 Å². The van der Waals surface area contributed by atoms with Crippen molar-refractivity contribution >= 4 is 16.2 Å². The first-order valence-corrected chi connectivity index (χ1v) is 8.13. The Morgan fingerprint density at radius 2 is 2.00 bits per heavy atom. The van der Waals surface area contributed by atoms with E-state index in [1.165, 1.54) is 8.61 Å². The first-order chi connectivity index (χ1) is 9.47. The Bertz CT molecular complexity index is 504. The zero-order chi connectivity index (χ0) is 14.4. The SMILES string of the molecule is O=C(O)[C@@]12CNC[C@@H]1CN(S(=O)(=O)N1CCOCC1)C2. The van der Waals surface area contributed by atoms with Crippen LogP contribution in [0.2, 0.25) is 0 Å². The Labute approximate surface area is 117 Å². The van der Waals surface area contributed by atoms with Crippen LogP contribution < -0.4 is 5.32 Å². The van der Waals surface area contributed by atoms with Gasteiger partial charge in [0.15, 0.2) is 0 Å². The molecule has 3 heterocycles. The van der Waals surface area contributed by atoms with E-state index in [-0.39, 0.29) is 19.0 Å². The molecule has 3 rings (SSSR count). The minimum Gasteiger partial charge on any atom is -0.481 e. The van der Waals surface area contributed by atoms with E-state index >= 15 is 0 Å². The van der Waals surface area contributed by atoms with Gasteiger partial charge >= 0.3 is 5.97 Å². The van der Waals surface area contributed by atoms with Crippen LogP contribution in [0.15, 0.2) is 0 Å². The molecule has 114 valence electrons. The lowest BCUT2D eigenvalue weighted by Crippen LogP contribution is -2.49. The van der Waals surface area contributed by atoms with Crippen LogP contribution in [-0.4, -0.2) is 80.6 Å². The number of rotatable bonds is 3. The molecule has 0 bridgehead atoms. The van der Waals surface area contributed by atoms with Crippen LogP contribution in [0, 0.1) is 11.3 Å². The zero-order valence-corrected chi connectivity index (χ0v) is 11.9. The molecule has 0 aromatic heterocycles. The molecule has 2 atom stereocenters. The minimum absolute atomic E-state index is 0.0552. The van der Waals surface area contributed by atoms with Gasteiger partial charge in [-0.2, -0.15) is 17.0 Å². The van der Waals surface area contributed by atoms with Crippen LogP contribution in [0.3, 0.4) is 0 Å². The summed E-state index contributed by atoms with van der Waals surface area (Å²) in [5, 5.41) is 12.5. The van der Waals surface area contributed by atoms with Crippen LogP contribution in [-0.2, 0) is 19.7 Å². The van der Waals surface area contributed by atoms with E-state index < -0.39 is 21.6 Å². The Morgan fingerprint density at radius 1 is 1.30 bits per heavy atom. The van der Waals surface area contributed by atoms with Crippen molar-refractivity contribution in [3.05, 3.63) is 0 Å². The largest absolute Gasteiger partial charge is 0.481 e. The molecular formula is C11H19N3O5S. The summed E-state index contributed by atoms with van der Waals surface area (Å²) < 4.78 is 33.0. The van der Waals surface area contributed by atoms with Crippen molar-refractivity contribution in [3.63, 3.8) is 0 Å². The molecule has 0 aromatic rings. The fourth-order valence-electron chi connectivity index (χ4n) is 3.29. The summed E-state index contributed by atoms with van der Waals surface area (Å²) in [6.45, 7) is 2.68. The predicted octanol–water partition coefficient (Wildman–Crippen LogP) is -1.83.